The van der Waals surface area contributed by atoms with E-state index in [1.165, 1.54) is 6.92 Å². The number of nitrogens with two attached hydrogens (primary N) is 1. The van der Waals surface area contributed by atoms with E-state index in [-0.39, 0.29) is 24.2 Å². The first-order valence-corrected chi connectivity index (χ1v) is 10.6. The maximum absolute atomic E-state index is 12.9. The van der Waals surface area contributed by atoms with Crippen LogP contribution in [0.25, 0.3) is 0 Å². The summed E-state index contributed by atoms with van der Waals surface area (Å²) in [4.78, 5) is 49.1. The number of carbonyl (C=O) groups excluding carboxylic acids is 3. The average molecular weight is 429 g/mol. The first-order valence-electron chi connectivity index (χ1n) is 10.6. The minimum Gasteiger partial charge on any atom is -0.480 e. The first-order chi connectivity index (χ1) is 13.7. The Balaban J connectivity index is 5.43. The van der Waals surface area contributed by atoms with Crippen molar-refractivity contribution < 1.29 is 24.3 Å². The van der Waals surface area contributed by atoms with Crippen LogP contribution in [0.15, 0.2) is 0 Å². The molecule has 0 fully saturated rings. The van der Waals surface area contributed by atoms with Crippen molar-refractivity contribution in [2.45, 2.75) is 91.9 Å². The van der Waals surface area contributed by atoms with Gasteiger partial charge in [0, 0.05) is 0 Å². The molecule has 6 N–H and O–H groups in total. The summed E-state index contributed by atoms with van der Waals surface area (Å²) in [5, 5.41) is 17.3. The topological polar surface area (TPSA) is 151 Å². The molecule has 0 aromatic rings. The normalized spacial score (nSPS) is 15.4. The van der Waals surface area contributed by atoms with Crippen molar-refractivity contribution in [3.8, 4) is 0 Å². The molecule has 0 unspecified atom stereocenters. The highest BCUT2D eigenvalue weighted by molar-refractivity contribution is 5.94. The summed E-state index contributed by atoms with van der Waals surface area (Å²) in [6.45, 7) is 12.9. The van der Waals surface area contributed by atoms with Crippen molar-refractivity contribution in [3.63, 3.8) is 0 Å². The van der Waals surface area contributed by atoms with Gasteiger partial charge in [-0.15, -0.1) is 0 Å². The number of hydrogen-bond acceptors (Lipinski definition) is 5. The Morgan fingerprint density at radius 2 is 0.933 bits per heavy atom. The lowest BCUT2D eigenvalue weighted by Gasteiger charge is -2.26. The lowest BCUT2D eigenvalue weighted by Crippen LogP contribution is -2.57. The zero-order valence-electron chi connectivity index (χ0n) is 19.3. The third kappa shape index (κ3) is 11.1. The van der Waals surface area contributed by atoms with Crippen LogP contribution in [-0.2, 0) is 19.2 Å². The fourth-order valence-electron chi connectivity index (χ4n) is 2.95. The summed E-state index contributed by atoms with van der Waals surface area (Å²) in [6.07, 6.45) is 0.997. The van der Waals surface area contributed by atoms with Gasteiger partial charge in [0.1, 0.15) is 18.1 Å². The predicted molar refractivity (Wildman–Crippen MR) is 115 cm³/mol. The van der Waals surface area contributed by atoms with Gasteiger partial charge in [-0.2, -0.15) is 0 Å². The van der Waals surface area contributed by atoms with Crippen LogP contribution in [0.3, 0.4) is 0 Å². The van der Waals surface area contributed by atoms with Gasteiger partial charge in [0.2, 0.25) is 17.7 Å². The number of carbonyl (C=O) groups is 4. The van der Waals surface area contributed by atoms with E-state index in [1.54, 1.807) is 0 Å². The zero-order chi connectivity index (χ0) is 23.6. The van der Waals surface area contributed by atoms with Crippen molar-refractivity contribution in [2.24, 2.45) is 23.5 Å². The average Bonchev–Trinajstić information content (AvgIpc) is 2.58. The maximum Gasteiger partial charge on any atom is 0.326 e. The van der Waals surface area contributed by atoms with Gasteiger partial charge in [0.25, 0.3) is 0 Å². The minimum atomic E-state index is -1.12. The van der Waals surface area contributed by atoms with E-state index in [4.69, 9.17) is 5.73 Å². The Bertz CT molecular complexity index is 590. The molecule has 4 atom stereocenters. The van der Waals surface area contributed by atoms with Gasteiger partial charge in [-0.05, 0) is 43.9 Å². The van der Waals surface area contributed by atoms with Crippen molar-refractivity contribution in [1.82, 2.24) is 16.0 Å². The van der Waals surface area contributed by atoms with E-state index in [2.05, 4.69) is 16.0 Å². The van der Waals surface area contributed by atoms with Crippen LogP contribution in [-0.4, -0.2) is 53.0 Å². The minimum absolute atomic E-state index is 0.0772. The van der Waals surface area contributed by atoms with E-state index in [0.717, 1.165) is 0 Å². The maximum atomic E-state index is 12.9. The molecule has 30 heavy (non-hydrogen) atoms. The quantitative estimate of drug-likeness (QED) is 0.295. The van der Waals surface area contributed by atoms with Crippen molar-refractivity contribution in [3.05, 3.63) is 0 Å². The molecular formula is C21H40N4O5. The number of hydrogen-bond donors (Lipinski definition) is 5. The molecule has 3 amide bonds. The standard InChI is InChI=1S/C21H40N4O5/c1-11(2)8-15(23-18(26)14(7)22)19(27)24-16(9-12(3)4)20(28)25-17(21(29)30)10-13(5)6/h11-17H,8-10,22H2,1-7H3,(H,23,26)(H,24,27)(H,25,28)(H,29,30)/t14-,15-,16-,17-/m0/s1. The SMILES string of the molecule is CC(C)C[C@H](NC(=O)[C@H](CC(C)C)NC(=O)[C@H](CC(C)C)NC(=O)[C@H](C)N)C(=O)O. The highest BCUT2D eigenvalue weighted by Crippen LogP contribution is 2.11. The molecule has 0 rings (SSSR count). The molecule has 0 aliphatic heterocycles. The number of nitrogens with one attached hydrogen (secondary N) is 3. The summed E-state index contributed by atoms with van der Waals surface area (Å²) in [6, 6.07) is -3.55. The summed E-state index contributed by atoms with van der Waals surface area (Å²) < 4.78 is 0. The van der Waals surface area contributed by atoms with Gasteiger partial charge in [0.05, 0.1) is 6.04 Å². The molecule has 174 valence electrons. The van der Waals surface area contributed by atoms with Gasteiger partial charge in [0.15, 0.2) is 0 Å². The van der Waals surface area contributed by atoms with E-state index in [1.807, 2.05) is 41.5 Å². The van der Waals surface area contributed by atoms with Crippen LogP contribution < -0.4 is 21.7 Å². The van der Waals surface area contributed by atoms with Crippen LogP contribution >= 0.6 is 0 Å². The van der Waals surface area contributed by atoms with E-state index >= 15 is 0 Å². The van der Waals surface area contributed by atoms with Crippen LogP contribution in [0.2, 0.25) is 0 Å². The fraction of sp³-hybridized carbons (Fsp3) is 0.810. The third-order valence-corrected chi connectivity index (χ3v) is 4.42. The molecular weight excluding hydrogens is 388 g/mol. The van der Waals surface area contributed by atoms with Crippen LogP contribution in [0.5, 0.6) is 0 Å². The van der Waals surface area contributed by atoms with Crippen molar-refractivity contribution in [2.75, 3.05) is 0 Å². The summed E-state index contributed by atoms with van der Waals surface area (Å²) in [5.74, 6) is -2.34. The van der Waals surface area contributed by atoms with Crippen molar-refractivity contribution >= 4 is 23.7 Å². The summed E-state index contributed by atoms with van der Waals surface area (Å²) in [5.41, 5.74) is 5.59. The molecule has 0 saturated heterocycles. The van der Waals surface area contributed by atoms with Crippen molar-refractivity contribution in [1.29, 1.82) is 0 Å². The Hall–Kier alpha value is -2.16. The predicted octanol–water partition coefficient (Wildman–Crippen LogP) is 1.01. The highest BCUT2D eigenvalue weighted by atomic mass is 16.4. The summed E-state index contributed by atoms with van der Waals surface area (Å²) >= 11 is 0. The Labute approximate surface area is 179 Å². The molecule has 0 saturated carbocycles. The van der Waals surface area contributed by atoms with E-state index in [9.17, 15) is 24.3 Å². The number of carboxylic acid groups (broad SMARTS) is 1. The highest BCUT2D eigenvalue weighted by Gasteiger charge is 2.30. The molecule has 0 heterocycles. The molecule has 9 heteroatoms. The van der Waals surface area contributed by atoms with Crippen LogP contribution in [0.1, 0.15) is 67.7 Å². The lowest BCUT2D eigenvalue weighted by atomic mass is 9.99. The van der Waals surface area contributed by atoms with E-state index < -0.39 is 47.9 Å². The third-order valence-electron chi connectivity index (χ3n) is 4.42. The first kappa shape index (κ1) is 27.8. The smallest absolute Gasteiger partial charge is 0.326 e. The van der Waals surface area contributed by atoms with E-state index in [0.29, 0.717) is 12.8 Å². The molecule has 0 aromatic heterocycles. The van der Waals surface area contributed by atoms with Crippen LogP contribution in [0, 0.1) is 17.8 Å². The van der Waals surface area contributed by atoms with Crippen LogP contribution in [0.4, 0.5) is 0 Å². The monoisotopic (exact) mass is 428 g/mol. The largest absolute Gasteiger partial charge is 0.480 e. The molecule has 0 aliphatic carbocycles. The number of carboxylic acids is 1. The van der Waals surface area contributed by atoms with Gasteiger partial charge in [-0.25, -0.2) is 4.79 Å². The lowest BCUT2D eigenvalue weighted by molar-refractivity contribution is -0.143. The molecule has 0 bridgehead atoms. The second kappa shape index (κ2) is 13.2. The van der Waals surface area contributed by atoms with Gasteiger partial charge >= 0.3 is 5.97 Å². The Morgan fingerprint density at radius 3 is 1.23 bits per heavy atom. The second-order valence-corrected chi connectivity index (χ2v) is 9.20. The fourth-order valence-corrected chi connectivity index (χ4v) is 2.95. The molecule has 0 aliphatic rings. The molecule has 0 spiro atoms. The number of amides is 3. The summed E-state index contributed by atoms with van der Waals surface area (Å²) in [7, 11) is 0. The van der Waals surface area contributed by atoms with Gasteiger partial charge in [-0.1, -0.05) is 41.5 Å². The zero-order valence-corrected chi connectivity index (χ0v) is 19.3. The molecule has 9 nitrogen and oxygen atoms in total. The second-order valence-electron chi connectivity index (χ2n) is 9.20. The Kier molecular flexibility index (Phi) is 12.3. The van der Waals surface area contributed by atoms with Gasteiger partial charge in [-0.3, -0.25) is 14.4 Å². The number of aliphatic carboxylic acids is 1. The number of rotatable bonds is 13. The Morgan fingerprint density at radius 1 is 0.633 bits per heavy atom. The molecule has 0 radical (unpaired) electrons. The van der Waals surface area contributed by atoms with Gasteiger partial charge < -0.3 is 26.8 Å². The molecule has 0 aromatic carbocycles.